The molecule has 20 heavy (non-hydrogen) atoms. The van der Waals surface area contributed by atoms with Crippen LogP contribution in [-0.2, 0) is 0 Å². The van der Waals surface area contributed by atoms with Crippen LogP contribution < -0.4 is 5.73 Å². The second-order valence-corrected chi connectivity index (χ2v) is 4.56. The Morgan fingerprint density at radius 1 is 1.25 bits per heavy atom. The summed E-state index contributed by atoms with van der Waals surface area (Å²) in [6.45, 7) is 1.74. The van der Waals surface area contributed by atoms with E-state index >= 15 is 0 Å². The highest BCUT2D eigenvalue weighted by atomic mass is 19.1. The SMILES string of the molecule is CC(N)c1nc2c(F)cccc2n1-c1cncc(F)c1. The number of halogens is 2. The van der Waals surface area contributed by atoms with Crippen molar-refractivity contribution in [1.29, 1.82) is 0 Å². The molecule has 3 aromatic rings. The van der Waals surface area contributed by atoms with Gasteiger partial charge in [0.1, 0.15) is 17.2 Å². The van der Waals surface area contributed by atoms with Crippen molar-refractivity contribution >= 4 is 11.0 Å². The molecule has 2 heterocycles. The van der Waals surface area contributed by atoms with E-state index in [9.17, 15) is 8.78 Å². The average Bonchev–Trinajstić information content (AvgIpc) is 2.80. The van der Waals surface area contributed by atoms with Crippen molar-refractivity contribution in [2.45, 2.75) is 13.0 Å². The molecule has 1 aromatic carbocycles. The molecule has 0 spiro atoms. The summed E-state index contributed by atoms with van der Waals surface area (Å²) in [5, 5.41) is 0. The second-order valence-electron chi connectivity index (χ2n) is 4.56. The maximum Gasteiger partial charge on any atom is 0.151 e. The molecule has 0 saturated carbocycles. The van der Waals surface area contributed by atoms with E-state index in [4.69, 9.17) is 5.73 Å². The van der Waals surface area contributed by atoms with Crippen LogP contribution in [0.2, 0.25) is 0 Å². The molecular formula is C14H12F2N4. The fraction of sp³-hybridized carbons (Fsp3) is 0.143. The van der Waals surface area contributed by atoms with Crippen molar-refractivity contribution in [3.8, 4) is 5.69 Å². The molecule has 0 aliphatic rings. The third-order valence-electron chi connectivity index (χ3n) is 3.02. The number of benzene rings is 1. The predicted octanol–water partition coefficient (Wildman–Crippen LogP) is 2.72. The van der Waals surface area contributed by atoms with Crippen LogP contribution in [0.4, 0.5) is 8.78 Å². The molecule has 0 aliphatic heterocycles. The number of para-hydroxylation sites is 1. The summed E-state index contributed by atoms with van der Waals surface area (Å²) < 4.78 is 28.8. The lowest BCUT2D eigenvalue weighted by Crippen LogP contribution is -2.12. The maximum absolute atomic E-state index is 13.8. The van der Waals surface area contributed by atoms with Crippen LogP contribution >= 0.6 is 0 Å². The third-order valence-corrected chi connectivity index (χ3v) is 3.02. The van der Waals surface area contributed by atoms with Crippen LogP contribution in [0.25, 0.3) is 16.7 Å². The summed E-state index contributed by atoms with van der Waals surface area (Å²) in [6.07, 6.45) is 2.59. The lowest BCUT2D eigenvalue weighted by atomic mass is 10.3. The fourth-order valence-corrected chi connectivity index (χ4v) is 2.18. The first-order chi connectivity index (χ1) is 9.58. The van der Waals surface area contributed by atoms with Crippen LogP contribution in [0, 0.1) is 11.6 Å². The highest BCUT2D eigenvalue weighted by Gasteiger charge is 2.18. The summed E-state index contributed by atoms with van der Waals surface area (Å²) in [4.78, 5) is 8.04. The number of fused-ring (bicyclic) bond motifs is 1. The van der Waals surface area contributed by atoms with E-state index in [1.54, 1.807) is 23.6 Å². The van der Waals surface area contributed by atoms with E-state index in [-0.39, 0.29) is 5.52 Å². The minimum Gasteiger partial charge on any atom is -0.322 e. The minimum absolute atomic E-state index is 0.212. The number of hydrogen-bond donors (Lipinski definition) is 1. The molecule has 0 fully saturated rings. The topological polar surface area (TPSA) is 56.7 Å². The molecule has 0 aliphatic carbocycles. The van der Waals surface area contributed by atoms with Crippen molar-refractivity contribution < 1.29 is 8.78 Å². The van der Waals surface area contributed by atoms with Gasteiger partial charge >= 0.3 is 0 Å². The van der Waals surface area contributed by atoms with Gasteiger partial charge in [-0.25, -0.2) is 13.8 Å². The summed E-state index contributed by atoms with van der Waals surface area (Å²) in [7, 11) is 0. The zero-order chi connectivity index (χ0) is 14.3. The van der Waals surface area contributed by atoms with Gasteiger partial charge in [-0.05, 0) is 19.1 Å². The van der Waals surface area contributed by atoms with Crippen molar-refractivity contribution in [3.05, 3.63) is 54.1 Å². The number of nitrogens with two attached hydrogens (primary N) is 1. The van der Waals surface area contributed by atoms with Crippen molar-refractivity contribution in [3.63, 3.8) is 0 Å². The van der Waals surface area contributed by atoms with Gasteiger partial charge in [0, 0.05) is 6.07 Å². The Hall–Kier alpha value is -2.34. The van der Waals surface area contributed by atoms with Gasteiger partial charge in [-0.3, -0.25) is 9.55 Å². The lowest BCUT2D eigenvalue weighted by molar-refractivity contribution is 0.618. The molecule has 2 N–H and O–H groups in total. The molecule has 0 amide bonds. The first-order valence-electron chi connectivity index (χ1n) is 6.11. The first-order valence-corrected chi connectivity index (χ1v) is 6.11. The zero-order valence-electron chi connectivity index (χ0n) is 10.7. The van der Waals surface area contributed by atoms with Gasteiger partial charge in [-0.15, -0.1) is 0 Å². The van der Waals surface area contributed by atoms with Gasteiger partial charge in [0.15, 0.2) is 5.82 Å². The van der Waals surface area contributed by atoms with Crippen LogP contribution in [0.5, 0.6) is 0 Å². The van der Waals surface area contributed by atoms with Gasteiger partial charge in [0.25, 0.3) is 0 Å². The molecule has 0 saturated heterocycles. The Morgan fingerprint density at radius 2 is 2.05 bits per heavy atom. The van der Waals surface area contributed by atoms with E-state index in [0.717, 1.165) is 6.20 Å². The van der Waals surface area contributed by atoms with Gasteiger partial charge in [-0.2, -0.15) is 0 Å². The Labute approximate surface area is 113 Å². The second kappa shape index (κ2) is 4.64. The molecular weight excluding hydrogens is 262 g/mol. The highest BCUT2D eigenvalue weighted by molar-refractivity contribution is 5.79. The smallest absolute Gasteiger partial charge is 0.151 e. The molecule has 0 bridgehead atoms. The number of imidazole rings is 1. The van der Waals surface area contributed by atoms with Crippen LogP contribution in [0.1, 0.15) is 18.8 Å². The molecule has 2 aromatic heterocycles. The predicted molar refractivity (Wildman–Crippen MR) is 71.4 cm³/mol. The van der Waals surface area contributed by atoms with E-state index in [1.165, 1.54) is 18.3 Å². The Bertz CT molecular complexity index is 780. The molecule has 3 rings (SSSR count). The van der Waals surface area contributed by atoms with Crippen LogP contribution in [0.15, 0.2) is 36.7 Å². The van der Waals surface area contributed by atoms with E-state index in [0.29, 0.717) is 17.0 Å². The van der Waals surface area contributed by atoms with Gasteiger partial charge in [0.05, 0.1) is 29.6 Å². The van der Waals surface area contributed by atoms with E-state index in [1.807, 2.05) is 0 Å². The average molecular weight is 274 g/mol. The van der Waals surface area contributed by atoms with Crippen molar-refractivity contribution in [2.24, 2.45) is 5.73 Å². The normalized spacial score (nSPS) is 12.8. The number of hydrogen-bond acceptors (Lipinski definition) is 3. The molecule has 4 nitrogen and oxygen atoms in total. The number of rotatable bonds is 2. The maximum atomic E-state index is 13.8. The molecule has 102 valence electrons. The lowest BCUT2D eigenvalue weighted by Gasteiger charge is -2.11. The van der Waals surface area contributed by atoms with Gasteiger partial charge < -0.3 is 5.73 Å². The van der Waals surface area contributed by atoms with E-state index < -0.39 is 17.7 Å². The monoisotopic (exact) mass is 274 g/mol. The highest BCUT2D eigenvalue weighted by Crippen LogP contribution is 2.25. The van der Waals surface area contributed by atoms with Crippen LogP contribution in [0.3, 0.4) is 0 Å². The van der Waals surface area contributed by atoms with Gasteiger partial charge in [0.2, 0.25) is 0 Å². The summed E-state index contributed by atoms with van der Waals surface area (Å²) >= 11 is 0. The van der Waals surface area contributed by atoms with Crippen LogP contribution in [-0.4, -0.2) is 14.5 Å². The van der Waals surface area contributed by atoms with Crippen molar-refractivity contribution in [1.82, 2.24) is 14.5 Å². The fourth-order valence-electron chi connectivity index (χ4n) is 2.18. The standard InChI is InChI=1S/C14H12F2N4/c1-8(17)14-19-13-11(16)3-2-4-12(13)20(14)10-5-9(15)6-18-7-10/h2-8H,17H2,1H3. The summed E-state index contributed by atoms with van der Waals surface area (Å²) in [6, 6.07) is 5.50. The molecule has 1 atom stereocenters. The number of aromatic nitrogens is 3. The minimum atomic E-state index is -0.476. The Morgan fingerprint density at radius 3 is 2.75 bits per heavy atom. The zero-order valence-corrected chi connectivity index (χ0v) is 10.7. The molecule has 1 unspecified atom stereocenters. The summed E-state index contributed by atoms with van der Waals surface area (Å²) in [5.74, 6) is -0.457. The first kappa shape index (κ1) is 12.7. The Balaban J connectivity index is 2.38. The molecule has 6 heteroatoms. The van der Waals surface area contributed by atoms with E-state index in [2.05, 4.69) is 9.97 Å². The number of pyridine rings is 1. The molecule has 0 radical (unpaired) electrons. The largest absolute Gasteiger partial charge is 0.322 e. The van der Waals surface area contributed by atoms with Crippen molar-refractivity contribution in [2.75, 3.05) is 0 Å². The third kappa shape index (κ3) is 1.94. The summed E-state index contributed by atoms with van der Waals surface area (Å²) in [5.41, 5.74) is 7.09. The quantitative estimate of drug-likeness (QED) is 0.781. The van der Waals surface area contributed by atoms with Gasteiger partial charge in [-0.1, -0.05) is 6.07 Å². The number of nitrogens with zero attached hydrogens (tertiary/aromatic N) is 3. The Kier molecular flexibility index (Phi) is 2.94.